The fourth-order valence-corrected chi connectivity index (χ4v) is 0.860. The Morgan fingerprint density at radius 2 is 2.15 bits per heavy atom. The first-order valence-corrected chi connectivity index (χ1v) is 3.96. The summed E-state index contributed by atoms with van der Waals surface area (Å²) < 4.78 is 0. The van der Waals surface area contributed by atoms with Crippen LogP contribution in [0.4, 0.5) is 5.95 Å². The topological polar surface area (TPSA) is 100 Å². The van der Waals surface area contributed by atoms with Crippen molar-refractivity contribution in [3.63, 3.8) is 0 Å². The Kier molecular flexibility index (Phi) is 2.63. The molecule has 4 N–H and O–H groups in total. The van der Waals surface area contributed by atoms with Crippen molar-refractivity contribution in [3.8, 4) is 0 Å². The molecule has 0 amide bonds. The van der Waals surface area contributed by atoms with Crippen LogP contribution in [0.1, 0.15) is 13.8 Å². The lowest BCUT2D eigenvalue weighted by atomic mass is 10.5. The van der Waals surface area contributed by atoms with Crippen LogP contribution in [0.25, 0.3) is 11.2 Å². The van der Waals surface area contributed by atoms with E-state index in [1.165, 1.54) is 6.33 Å². The third-order valence-corrected chi connectivity index (χ3v) is 1.31. The lowest BCUT2D eigenvalue weighted by Crippen LogP contribution is -2.10. The molecular weight excluding hydrogens is 170 g/mol. The van der Waals surface area contributed by atoms with Gasteiger partial charge in [-0.05, 0) is 0 Å². The zero-order valence-corrected chi connectivity index (χ0v) is 7.46. The first-order valence-electron chi connectivity index (χ1n) is 3.96. The van der Waals surface area contributed by atoms with Crippen molar-refractivity contribution in [2.75, 3.05) is 5.73 Å². The monoisotopic (exact) mass is 181 g/mol. The molecule has 2 aromatic rings. The molecule has 2 heterocycles. The fraction of sp³-hybridized carbons (Fsp3) is 0.286. The van der Waals surface area contributed by atoms with E-state index < -0.39 is 0 Å². The summed E-state index contributed by atoms with van der Waals surface area (Å²) in [5, 5.41) is 0. The molecule has 0 aliphatic heterocycles. The van der Waals surface area contributed by atoms with Gasteiger partial charge in [0.05, 0.1) is 6.33 Å². The van der Waals surface area contributed by atoms with Gasteiger partial charge in [-0.3, -0.25) is 9.78 Å². The molecule has 0 spiro atoms. The molecular formula is C7H11N5O. The molecule has 2 rings (SSSR count). The van der Waals surface area contributed by atoms with Gasteiger partial charge in [-0.1, -0.05) is 13.8 Å². The molecule has 0 aliphatic carbocycles. The van der Waals surface area contributed by atoms with Gasteiger partial charge in [0.2, 0.25) is 5.95 Å². The molecule has 0 fully saturated rings. The maximum absolute atomic E-state index is 11.0. The van der Waals surface area contributed by atoms with Crippen LogP contribution >= 0.6 is 0 Å². The van der Waals surface area contributed by atoms with Crippen LogP contribution in [-0.4, -0.2) is 19.9 Å². The maximum Gasteiger partial charge on any atom is 0.278 e. The van der Waals surface area contributed by atoms with E-state index in [4.69, 9.17) is 5.73 Å². The Bertz CT molecular complexity index is 443. The highest BCUT2D eigenvalue weighted by Gasteiger charge is 2.01. The average Bonchev–Trinajstić information content (AvgIpc) is 2.55. The van der Waals surface area contributed by atoms with Gasteiger partial charge in [-0.15, -0.1) is 0 Å². The lowest BCUT2D eigenvalue weighted by Gasteiger charge is -1.89. The summed E-state index contributed by atoms with van der Waals surface area (Å²) in [6.45, 7) is 4.00. The number of hydrogen-bond acceptors (Lipinski definition) is 4. The Morgan fingerprint density at radius 1 is 1.46 bits per heavy atom. The summed E-state index contributed by atoms with van der Waals surface area (Å²) in [6, 6.07) is 0. The van der Waals surface area contributed by atoms with E-state index in [2.05, 4.69) is 19.9 Å². The Morgan fingerprint density at radius 3 is 2.85 bits per heavy atom. The number of imidazole rings is 1. The van der Waals surface area contributed by atoms with E-state index >= 15 is 0 Å². The molecule has 0 saturated heterocycles. The van der Waals surface area contributed by atoms with Crippen molar-refractivity contribution >= 4 is 17.1 Å². The fourth-order valence-electron chi connectivity index (χ4n) is 0.860. The minimum atomic E-state index is -0.301. The number of anilines is 1. The van der Waals surface area contributed by atoms with Crippen molar-refractivity contribution in [2.45, 2.75) is 13.8 Å². The van der Waals surface area contributed by atoms with Crippen LogP contribution in [0, 0.1) is 0 Å². The van der Waals surface area contributed by atoms with Crippen LogP contribution < -0.4 is 11.3 Å². The Labute approximate surface area is 74.2 Å². The molecule has 2 aromatic heterocycles. The average molecular weight is 181 g/mol. The summed E-state index contributed by atoms with van der Waals surface area (Å²) in [5.41, 5.74) is 5.65. The number of hydrogen-bond donors (Lipinski definition) is 3. The van der Waals surface area contributed by atoms with Gasteiger partial charge >= 0.3 is 0 Å². The first-order chi connectivity index (χ1) is 6.27. The molecule has 0 saturated carbocycles. The quantitative estimate of drug-likeness (QED) is 0.542. The van der Waals surface area contributed by atoms with E-state index in [1.807, 2.05) is 13.8 Å². The summed E-state index contributed by atoms with van der Waals surface area (Å²) in [4.78, 5) is 23.5. The van der Waals surface area contributed by atoms with Crippen LogP contribution in [0.5, 0.6) is 0 Å². The van der Waals surface area contributed by atoms with Gasteiger partial charge < -0.3 is 10.7 Å². The van der Waals surface area contributed by atoms with Crippen molar-refractivity contribution in [1.82, 2.24) is 19.9 Å². The number of nitrogen functional groups attached to an aromatic ring is 1. The van der Waals surface area contributed by atoms with E-state index in [0.717, 1.165) is 0 Å². The third kappa shape index (κ3) is 1.66. The van der Waals surface area contributed by atoms with Crippen LogP contribution in [0.2, 0.25) is 0 Å². The SMILES string of the molecule is CC.Nc1nc2nc[nH]c2c(=O)[nH]1. The standard InChI is InChI=1S/C5H5N5O.C2H6/c6-5-9-3-2(4(11)10-5)7-1-8-3;1-2/h1H,(H4,6,7,8,9,10,11);1-2H3. The van der Waals surface area contributed by atoms with Gasteiger partial charge in [0.25, 0.3) is 5.56 Å². The molecule has 70 valence electrons. The lowest BCUT2D eigenvalue weighted by molar-refractivity contribution is 1.17. The van der Waals surface area contributed by atoms with E-state index in [1.54, 1.807) is 0 Å². The largest absolute Gasteiger partial charge is 0.369 e. The number of nitrogens with two attached hydrogens (primary N) is 1. The molecule has 6 heteroatoms. The number of H-pyrrole nitrogens is 2. The predicted molar refractivity (Wildman–Crippen MR) is 50.3 cm³/mol. The normalized spacial score (nSPS) is 9.38. The van der Waals surface area contributed by atoms with Crippen LogP contribution in [0.15, 0.2) is 11.1 Å². The molecule has 13 heavy (non-hydrogen) atoms. The summed E-state index contributed by atoms with van der Waals surface area (Å²) in [5.74, 6) is 0.0783. The molecule has 6 nitrogen and oxygen atoms in total. The second kappa shape index (κ2) is 3.70. The van der Waals surface area contributed by atoms with Crippen LogP contribution in [-0.2, 0) is 0 Å². The van der Waals surface area contributed by atoms with E-state index in [9.17, 15) is 4.79 Å². The summed E-state index contributed by atoms with van der Waals surface area (Å²) >= 11 is 0. The molecule has 0 unspecified atom stereocenters. The van der Waals surface area contributed by atoms with Gasteiger partial charge in [0.15, 0.2) is 11.2 Å². The van der Waals surface area contributed by atoms with Gasteiger partial charge in [-0.25, -0.2) is 4.98 Å². The summed E-state index contributed by atoms with van der Waals surface area (Å²) in [7, 11) is 0. The highest BCUT2D eigenvalue weighted by atomic mass is 16.1. The number of fused-ring (bicyclic) bond motifs is 1. The van der Waals surface area contributed by atoms with Crippen molar-refractivity contribution in [2.24, 2.45) is 0 Å². The van der Waals surface area contributed by atoms with Crippen molar-refractivity contribution in [1.29, 1.82) is 0 Å². The van der Waals surface area contributed by atoms with Gasteiger partial charge in [0.1, 0.15) is 0 Å². The second-order valence-electron chi connectivity index (χ2n) is 2.05. The molecule has 0 bridgehead atoms. The second-order valence-corrected chi connectivity index (χ2v) is 2.05. The number of aromatic nitrogens is 4. The molecule has 0 radical (unpaired) electrons. The van der Waals surface area contributed by atoms with Gasteiger partial charge in [0, 0.05) is 0 Å². The smallest absolute Gasteiger partial charge is 0.278 e. The zero-order valence-electron chi connectivity index (χ0n) is 7.46. The highest BCUT2D eigenvalue weighted by molar-refractivity contribution is 5.69. The number of aromatic amines is 2. The van der Waals surface area contributed by atoms with Crippen molar-refractivity contribution in [3.05, 3.63) is 16.7 Å². The number of nitrogens with one attached hydrogen (secondary N) is 2. The number of rotatable bonds is 0. The minimum Gasteiger partial charge on any atom is -0.369 e. The molecule has 0 aliphatic rings. The van der Waals surface area contributed by atoms with E-state index in [0.29, 0.717) is 11.2 Å². The molecule has 0 atom stereocenters. The zero-order chi connectivity index (χ0) is 9.84. The van der Waals surface area contributed by atoms with Crippen LogP contribution in [0.3, 0.4) is 0 Å². The van der Waals surface area contributed by atoms with Gasteiger partial charge in [-0.2, -0.15) is 4.98 Å². The van der Waals surface area contributed by atoms with E-state index in [-0.39, 0.29) is 11.5 Å². The third-order valence-electron chi connectivity index (χ3n) is 1.31. The van der Waals surface area contributed by atoms with Crippen molar-refractivity contribution < 1.29 is 0 Å². The first kappa shape index (κ1) is 9.24. The summed E-state index contributed by atoms with van der Waals surface area (Å²) in [6.07, 6.45) is 1.40. The molecule has 0 aromatic carbocycles. The number of nitrogens with zero attached hydrogens (tertiary/aromatic N) is 2. The Balaban J connectivity index is 0.000000396. The maximum atomic E-state index is 11.0. The predicted octanol–water partition coefficient (Wildman–Crippen LogP) is 0.255. The minimum absolute atomic E-state index is 0.0783. The highest BCUT2D eigenvalue weighted by Crippen LogP contribution is 1.98. The Hall–Kier alpha value is -1.85.